The number of fused-ring (bicyclic) bond motifs is 1. The lowest BCUT2D eigenvalue weighted by Gasteiger charge is -2.42. The third-order valence-electron chi connectivity index (χ3n) is 8.13. The van der Waals surface area contributed by atoms with Crippen molar-refractivity contribution >= 4 is 11.7 Å². The molecule has 3 fully saturated rings. The van der Waals surface area contributed by atoms with Crippen molar-refractivity contribution in [3.8, 4) is 0 Å². The number of hydrogen-bond donors (Lipinski definition) is 1. The zero-order chi connectivity index (χ0) is 22.1. The van der Waals surface area contributed by atoms with E-state index in [1.807, 2.05) is 4.90 Å². The summed E-state index contributed by atoms with van der Waals surface area (Å²) in [5.74, 6) is 0. The van der Waals surface area contributed by atoms with Gasteiger partial charge in [0.05, 0.1) is 13.2 Å². The third kappa shape index (κ3) is 4.62. The number of carbonyl (C=O) groups excluding carboxylic acids is 1. The van der Waals surface area contributed by atoms with Crippen molar-refractivity contribution in [2.24, 2.45) is 0 Å². The largest absolute Gasteiger partial charge is 0.379 e. The van der Waals surface area contributed by atoms with Crippen molar-refractivity contribution in [3.63, 3.8) is 0 Å². The van der Waals surface area contributed by atoms with Crippen LogP contribution in [0.2, 0.25) is 0 Å². The molecule has 176 valence electrons. The molecular formula is C26H40N4O2. The molecule has 1 saturated carbocycles. The topological polar surface area (TPSA) is 48.1 Å². The van der Waals surface area contributed by atoms with Crippen LogP contribution < -0.4 is 10.2 Å². The summed E-state index contributed by atoms with van der Waals surface area (Å²) < 4.78 is 5.53. The van der Waals surface area contributed by atoms with Crippen LogP contribution in [0.1, 0.15) is 63.5 Å². The van der Waals surface area contributed by atoms with Crippen LogP contribution in [0, 0.1) is 0 Å². The molecule has 3 heterocycles. The van der Waals surface area contributed by atoms with Crippen LogP contribution in [-0.2, 0) is 16.7 Å². The van der Waals surface area contributed by atoms with Gasteiger partial charge < -0.3 is 19.9 Å². The Kier molecular flexibility index (Phi) is 6.35. The molecule has 1 aliphatic carbocycles. The zero-order valence-electron chi connectivity index (χ0n) is 19.9. The Morgan fingerprint density at radius 3 is 2.47 bits per heavy atom. The van der Waals surface area contributed by atoms with Crippen LogP contribution in [-0.4, -0.2) is 73.9 Å². The van der Waals surface area contributed by atoms with E-state index in [1.165, 1.54) is 42.5 Å². The molecule has 0 atom stereocenters. The summed E-state index contributed by atoms with van der Waals surface area (Å²) in [4.78, 5) is 20.2. The zero-order valence-corrected chi connectivity index (χ0v) is 19.9. The number of anilines is 1. The van der Waals surface area contributed by atoms with E-state index < -0.39 is 0 Å². The number of rotatable bonds is 3. The van der Waals surface area contributed by atoms with Crippen LogP contribution in [0.5, 0.6) is 0 Å². The number of amides is 2. The van der Waals surface area contributed by atoms with E-state index in [0.717, 1.165) is 65.3 Å². The summed E-state index contributed by atoms with van der Waals surface area (Å²) in [5.41, 5.74) is 4.01. The molecule has 1 N–H and O–H groups in total. The Morgan fingerprint density at radius 1 is 1.03 bits per heavy atom. The lowest BCUT2D eigenvalue weighted by molar-refractivity contribution is 0.0115. The molecule has 0 spiro atoms. The number of carbonyl (C=O) groups is 1. The number of morpholine rings is 1. The van der Waals surface area contributed by atoms with Crippen molar-refractivity contribution in [1.82, 2.24) is 15.1 Å². The Morgan fingerprint density at radius 2 is 1.75 bits per heavy atom. The Hall–Kier alpha value is -1.79. The summed E-state index contributed by atoms with van der Waals surface area (Å²) in [5, 5.41) is 3.29. The van der Waals surface area contributed by atoms with Crippen LogP contribution in [0.15, 0.2) is 18.2 Å². The molecule has 1 aromatic carbocycles. The molecule has 3 aliphatic heterocycles. The van der Waals surface area contributed by atoms with E-state index in [2.05, 4.69) is 47.2 Å². The summed E-state index contributed by atoms with van der Waals surface area (Å²) >= 11 is 0. The summed E-state index contributed by atoms with van der Waals surface area (Å²) in [6.45, 7) is 12.2. The second kappa shape index (κ2) is 9.22. The van der Waals surface area contributed by atoms with Crippen molar-refractivity contribution in [2.45, 2.75) is 76.4 Å². The predicted octanol–water partition coefficient (Wildman–Crippen LogP) is 3.73. The SMILES string of the molecule is CC1(C)CN(C(=O)NC2CCCC2)Cc2cc(N3CCC(N4CCOCC4)CC3)ccc21. The quantitative estimate of drug-likeness (QED) is 0.778. The van der Waals surface area contributed by atoms with Gasteiger partial charge in [-0.1, -0.05) is 32.8 Å². The van der Waals surface area contributed by atoms with Gasteiger partial charge in [-0.3, -0.25) is 4.90 Å². The van der Waals surface area contributed by atoms with Crippen molar-refractivity contribution in [2.75, 3.05) is 50.8 Å². The predicted molar refractivity (Wildman–Crippen MR) is 128 cm³/mol. The molecule has 32 heavy (non-hydrogen) atoms. The lowest BCUT2D eigenvalue weighted by Crippen LogP contribution is -2.51. The van der Waals surface area contributed by atoms with E-state index in [-0.39, 0.29) is 11.4 Å². The van der Waals surface area contributed by atoms with Crippen molar-refractivity contribution in [3.05, 3.63) is 29.3 Å². The summed E-state index contributed by atoms with van der Waals surface area (Å²) in [6.07, 6.45) is 7.18. The van der Waals surface area contributed by atoms with E-state index in [4.69, 9.17) is 4.74 Å². The Bertz CT molecular complexity index is 806. The maximum Gasteiger partial charge on any atom is 0.317 e. The fraction of sp³-hybridized carbons (Fsp3) is 0.731. The maximum atomic E-state index is 13.0. The molecule has 6 nitrogen and oxygen atoms in total. The van der Waals surface area contributed by atoms with Gasteiger partial charge in [-0.05, 0) is 48.9 Å². The third-order valence-corrected chi connectivity index (χ3v) is 8.13. The minimum Gasteiger partial charge on any atom is -0.379 e. The number of nitrogens with zero attached hydrogens (tertiary/aromatic N) is 3. The number of hydrogen-bond acceptors (Lipinski definition) is 4. The van der Waals surface area contributed by atoms with Gasteiger partial charge in [0.25, 0.3) is 0 Å². The highest BCUT2D eigenvalue weighted by molar-refractivity contribution is 5.75. The average Bonchev–Trinajstić information content (AvgIpc) is 3.32. The van der Waals surface area contributed by atoms with Crippen LogP contribution in [0.4, 0.5) is 10.5 Å². The van der Waals surface area contributed by atoms with Gasteiger partial charge in [-0.2, -0.15) is 0 Å². The van der Waals surface area contributed by atoms with Crippen LogP contribution in [0.25, 0.3) is 0 Å². The second-order valence-electron chi connectivity index (χ2n) is 10.9. The summed E-state index contributed by atoms with van der Waals surface area (Å²) in [6, 6.07) is 8.18. The molecule has 2 saturated heterocycles. The smallest absolute Gasteiger partial charge is 0.317 e. The first-order valence-electron chi connectivity index (χ1n) is 12.8. The normalized spacial score (nSPS) is 25.1. The monoisotopic (exact) mass is 440 g/mol. The highest BCUT2D eigenvalue weighted by Gasteiger charge is 2.35. The van der Waals surface area contributed by atoms with E-state index in [0.29, 0.717) is 12.1 Å². The van der Waals surface area contributed by atoms with Gasteiger partial charge in [0.2, 0.25) is 0 Å². The molecule has 4 aliphatic rings. The fourth-order valence-corrected chi connectivity index (χ4v) is 6.30. The minimum atomic E-state index is -0.0253. The van der Waals surface area contributed by atoms with Gasteiger partial charge in [0.15, 0.2) is 0 Å². The second-order valence-corrected chi connectivity index (χ2v) is 10.9. The van der Waals surface area contributed by atoms with Gasteiger partial charge in [0, 0.05) is 62.5 Å². The molecule has 5 rings (SSSR count). The van der Waals surface area contributed by atoms with Gasteiger partial charge in [0.1, 0.15) is 0 Å². The average molecular weight is 441 g/mol. The molecule has 0 radical (unpaired) electrons. The molecule has 1 aromatic rings. The van der Waals surface area contributed by atoms with Crippen LogP contribution in [0.3, 0.4) is 0 Å². The van der Waals surface area contributed by atoms with Gasteiger partial charge >= 0.3 is 6.03 Å². The van der Waals surface area contributed by atoms with Crippen molar-refractivity contribution in [1.29, 1.82) is 0 Å². The molecule has 6 heteroatoms. The molecule has 0 bridgehead atoms. The highest BCUT2D eigenvalue weighted by Crippen LogP contribution is 2.36. The van der Waals surface area contributed by atoms with E-state index >= 15 is 0 Å². The number of benzene rings is 1. The Balaban J connectivity index is 1.25. The molecule has 2 amide bonds. The maximum absolute atomic E-state index is 13.0. The van der Waals surface area contributed by atoms with Gasteiger partial charge in [-0.25, -0.2) is 4.79 Å². The highest BCUT2D eigenvalue weighted by atomic mass is 16.5. The first-order chi connectivity index (χ1) is 15.5. The number of urea groups is 1. The summed E-state index contributed by atoms with van der Waals surface area (Å²) in [7, 11) is 0. The number of nitrogens with one attached hydrogen (secondary N) is 1. The van der Waals surface area contributed by atoms with Crippen LogP contribution >= 0.6 is 0 Å². The first-order valence-corrected chi connectivity index (χ1v) is 12.8. The number of ether oxygens (including phenoxy) is 1. The standard InChI is InChI=1S/C26H40N4O2/c1-26(2)19-30(25(31)27-21-5-3-4-6-21)18-20-17-23(7-8-24(20)26)28-11-9-22(10-12-28)29-13-15-32-16-14-29/h7-8,17,21-22H,3-6,9-16,18-19H2,1-2H3,(H,27,31). The Labute approximate surface area is 193 Å². The van der Waals surface area contributed by atoms with Gasteiger partial charge in [-0.15, -0.1) is 0 Å². The van der Waals surface area contributed by atoms with E-state index in [9.17, 15) is 4.79 Å². The lowest BCUT2D eigenvalue weighted by atomic mass is 9.78. The molecular weight excluding hydrogens is 400 g/mol. The first kappa shape index (κ1) is 22.0. The molecule has 0 unspecified atom stereocenters. The minimum absolute atomic E-state index is 0.0253. The fourth-order valence-electron chi connectivity index (χ4n) is 6.30. The van der Waals surface area contributed by atoms with E-state index in [1.54, 1.807) is 0 Å². The molecule has 0 aromatic heterocycles. The number of piperidine rings is 1. The van der Waals surface area contributed by atoms with Crippen molar-refractivity contribution < 1.29 is 9.53 Å².